The Morgan fingerprint density at radius 2 is 2.33 bits per heavy atom. The summed E-state index contributed by atoms with van der Waals surface area (Å²) >= 11 is 0. The lowest BCUT2D eigenvalue weighted by Crippen LogP contribution is -2.11. The maximum atomic E-state index is 4.45. The lowest BCUT2D eigenvalue weighted by molar-refractivity contribution is 0.691. The van der Waals surface area contributed by atoms with Gasteiger partial charge in [0.25, 0.3) is 5.78 Å². The molecule has 3 rings (SSSR count). The van der Waals surface area contributed by atoms with Crippen LogP contribution in [0.5, 0.6) is 0 Å². The summed E-state index contributed by atoms with van der Waals surface area (Å²) < 4.78 is 1.79. The van der Waals surface area contributed by atoms with E-state index in [1.54, 1.807) is 10.8 Å². The van der Waals surface area contributed by atoms with Crippen molar-refractivity contribution >= 4 is 11.6 Å². The van der Waals surface area contributed by atoms with Crippen molar-refractivity contribution in [2.75, 3.05) is 5.32 Å². The Kier molecular flexibility index (Phi) is 2.89. The average Bonchev–Trinajstić information content (AvgIpc) is 2.92. The maximum Gasteiger partial charge on any atom is 0.254 e. The highest BCUT2D eigenvalue weighted by Gasteiger charge is 2.36. The van der Waals surface area contributed by atoms with E-state index >= 15 is 0 Å². The highest BCUT2D eigenvalue weighted by molar-refractivity contribution is 5.46. The first-order valence-corrected chi connectivity index (χ1v) is 6.78. The smallest absolute Gasteiger partial charge is 0.254 e. The summed E-state index contributed by atoms with van der Waals surface area (Å²) in [6, 6.07) is 2.69. The van der Waals surface area contributed by atoms with Crippen molar-refractivity contribution in [1.29, 1.82) is 0 Å². The first kappa shape index (κ1) is 11.4. The predicted octanol–water partition coefficient (Wildman–Crippen LogP) is 2.29. The van der Waals surface area contributed by atoms with Gasteiger partial charge in [-0.15, -0.1) is 0 Å². The standard InChI is InChI=1S/C13H19N5/c1-3-5-9-6-11(9)17-12-7-10(4-2)16-13-14-8-15-18(12)13/h7-9,11,17H,3-6H2,1-2H3. The number of hydrogen-bond donors (Lipinski definition) is 1. The van der Waals surface area contributed by atoms with Crippen LogP contribution in [0, 0.1) is 5.92 Å². The second-order valence-corrected chi connectivity index (χ2v) is 4.99. The fourth-order valence-electron chi connectivity index (χ4n) is 2.45. The van der Waals surface area contributed by atoms with Gasteiger partial charge in [0.05, 0.1) is 0 Å². The van der Waals surface area contributed by atoms with E-state index in [1.165, 1.54) is 19.3 Å². The molecule has 1 N–H and O–H groups in total. The van der Waals surface area contributed by atoms with Gasteiger partial charge in [-0.1, -0.05) is 20.3 Å². The first-order chi connectivity index (χ1) is 8.81. The van der Waals surface area contributed by atoms with Crippen molar-refractivity contribution in [3.63, 3.8) is 0 Å². The molecule has 0 aliphatic heterocycles. The predicted molar refractivity (Wildman–Crippen MR) is 70.6 cm³/mol. The van der Waals surface area contributed by atoms with Gasteiger partial charge in [0.1, 0.15) is 12.1 Å². The van der Waals surface area contributed by atoms with E-state index in [1.807, 2.05) is 0 Å². The molecule has 1 saturated carbocycles. The lowest BCUT2D eigenvalue weighted by Gasteiger charge is -2.08. The number of nitrogens with one attached hydrogen (secondary N) is 1. The van der Waals surface area contributed by atoms with Crippen molar-refractivity contribution in [1.82, 2.24) is 19.6 Å². The van der Waals surface area contributed by atoms with E-state index in [0.29, 0.717) is 11.8 Å². The molecule has 5 heteroatoms. The minimum Gasteiger partial charge on any atom is -0.367 e. The third-order valence-corrected chi connectivity index (χ3v) is 3.58. The molecule has 96 valence electrons. The van der Waals surface area contributed by atoms with Crippen LogP contribution in [0.4, 0.5) is 5.82 Å². The molecule has 1 aliphatic carbocycles. The number of rotatable bonds is 5. The highest BCUT2D eigenvalue weighted by atomic mass is 15.4. The van der Waals surface area contributed by atoms with Crippen LogP contribution in [0.3, 0.4) is 0 Å². The van der Waals surface area contributed by atoms with E-state index in [-0.39, 0.29) is 0 Å². The van der Waals surface area contributed by atoms with E-state index in [0.717, 1.165) is 23.9 Å². The molecule has 0 saturated heterocycles. The Bertz CT molecular complexity index is 547. The van der Waals surface area contributed by atoms with E-state index in [4.69, 9.17) is 0 Å². The van der Waals surface area contributed by atoms with Gasteiger partial charge in [-0.3, -0.25) is 0 Å². The van der Waals surface area contributed by atoms with Crippen LogP contribution in [0.25, 0.3) is 5.78 Å². The topological polar surface area (TPSA) is 55.1 Å². The quantitative estimate of drug-likeness (QED) is 0.878. The van der Waals surface area contributed by atoms with Gasteiger partial charge < -0.3 is 5.32 Å². The van der Waals surface area contributed by atoms with Gasteiger partial charge >= 0.3 is 0 Å². The zero-order valence-corrected chi connectivity index (χ0v) is 10.9. The number of aryl methyl sites for hydroxylation is 1. The van der Waals surface area contributed by atoms with Crippen LogP contribution in [0.15, 0.2) is 12.4 Å². The SMILES string of the molecule is CCCC1CC1Nc1cc(CC)nc2ncnn12. The fourth-order valence-corrected chi connectivity index (χ4v) is 2.45. The van der Waals surface area contributed by atoms with Crippen LogP contribution >= 0.6 is 0 Å². The van der Waals surface area contributed by atoms with Crippen molar-refractivity contribution in [2.45, 2.75) is 45.6 Å². The molecule has 5 nitrogen and oxygen atoms in total. The van der Waals surface area contributed by atoms with Crippen LogP contribution in [0.1, 0.15) is 38.8 Å². The van der Waals surface area contributed by atoms with Crippen molar-refractivity contribution in [3.05, 3.63) is 18.1 Å². The second-order valence-electron chi connectivity index (χ2n) is 4.99. The summed E-state index contributed by atoms with van der Waals surface area (Å²) in [5.41, 5.74) is 1.06. The van der Waals surface area contributed by atoms with E-state index < -0.39 is 0 Å². The molecular weight excluding hydrogens is 226 g/mol. The highest BCUT2D eigenvalue weighted by Crippen LogP contribution is 2.37. The van der Waals surface area contributed by atoms with Gasteiger partial charge in [0, 0.05) is 17.8 Å². The van der Waals surface area contributed by atoms with Crippen LogP contribution in [0.2, 0.25) is 0 Å². The molecule has 18 heavy (non-hydrogen) atoms. The van der Waals surface area contributed by atoms with Gasteiger partial charge in [0.2, 0.25) is 0 Å². The summed E-state index contributed by atoms with van der Waals surface area (Å²) in [4.78, 5) is 8.62. The molecule has 1 aliphatic rings. The fraction of sp³-hybridized carbons (Fsp3) is 0.615. The molecule has 2 aromatic rings. The Morgan fingerprint density at radius 1 is 1.44 bits per heavy atom. The number of aromatic nitrogens is 4. The maximum absolute atomic E-state index is 4.45. The van der Waals surface area contributed by atoms with Crippen molar-refractivity contribution in [3.8, 4) is 0 Å². The first-order valence-electron chi connectivity index (χ1n) is 6.78. The number of fused-ring (bicyclic) bond motifs is 1. The summed E-state index contributed by atoms with van der Waals surface area (Å²) in [5.74, 6) is 2.54. The summed E-state index contributed by atoms with van der Waals surface area (Å²) in [6.45, 7) is 4.35. The Labute approximate surface area is 107 Å². The van der Waals surface area contributed by atoms with Gasteiger partial charge in [-0.05, 0) is 25.2 Å². The van der Waals surface area contributed by atoms with Gasteiger partial charge in [-0.2, -0.15) is 14.6 Å². The molecular formula is C13H19N5. The Morgan fingerprint density at radius 3 is 3.11 bits per heavy atom. The molecule has 2 atom stereocenters. The molecule has 2 aromatic heterocycles. The van der Waals surface area contributed by atoms with Gasteiger partial charge in [0.15, 0.2) is 0 Å². The van der Waals surface area contributed by atoms with Crippen molar-refractivity contribution in [2.24, 2.45) is 5.92 Å². The molecule has 2 unspecified atom stereocenters. The third-order valence-electron chi connectivity index (χ3n) is 3.58. The zero-order valence-electron chi connectivity index (χ0n) is 10.9. The van der Waals surface area contributed by atoms with E-state index in [2.05, 4.69) is 40.3 Å². The molecule has 2 heterocycles. The zero-order chi connectivity index (χ0) is 12.5. The Balaban J connectivity index is 1.84. The number of anilines is 1. The summed E-state index contributed by atoms with van der Waals surface area (Å²) in [5, 5.41) is 7.80. The van der Waals surface area contributed by atoms with Crippen LogP contribution in [-0.4, -0.2) is 25.6 Å². The molecule has 0 radical (unpaired) electrons. The number of hydrogen-bond acceptors (Lipinski definition) is 4. The summed E-state index contributed by atoms with van der Waals surface area (Å²) in [6.07, 6.45) is 6.32. The number of nitrogens with zero attached hydrogens (tertiary/aromatic N) is 4. The average molecular weight is 245 g/mol. The largest absolute Gasteiger partial charge is 0.367 e. The molecule has 0 spiro atoms. The van der Waals surface area contributed by atoms with Gasteiger partial charge in [-0.25, -0.2) is 4.98 Å². The molecule has 0 bridgehead atoms. The normalized spacial score (nSPS) is 22.3. The molecule has 0 amide bonds. The third kappa shape index (κ3) is 2.05. The van der Waals surface area contributed by atoms with Crippen LogP contribution < -0.4 is 5.32 Å². The summed E-state index contributed by atoms with van der Waals surface area (Å²) in [7, 11) is 0. The minimum absolute atomic E-state index is 0.601. The molecule has 1 fully saturated rings. The Hall–Kier alpha value is -1.65. The van der Waals surface area contributed by atoms with E-state index in [9.17, 15) is 0 Å². The van der Waals surface area contributed by atoms with Crippen molar-refractivity contribution < 1.29 is 0 Å². The monoisotopic (exact) mass is 245 g/mol. The molecule has 0 aromatic carbocycles. The minimum atomic E-state index is 0.601. The van der Waals surface area contributed by atoms with Crippen LogP contribution in [-0.2, 0) is 6.42 Å². The lowest BCUT2D eigenvalue weighted by atomic mass is 10.2. The second kappa shape index (κ2) is 4.55.